The standard InChI is InChI=1S/C51H38N4O2/c1-3-13-31(14-4-1)49-52-50(32-15-5-2-6-16-32)54-51(53-49)39-20-12-24-45-47(39)38-27-25-34(30-46(38)56-45)33-26-28-44-40(29-33)37-19-11-23-43(48(37)57-44)55-41-21-9-7-17-35(41)36-18-8-10-22-42(36)55/h1-30,37,48-54H. The maximum Gasteiger partial charge on any atom is 0.149 e. The fourth-order valence-corrected chi connectivity index (χ4v) is 9.46. The van der Waals surface area contributed by atoms with Crippen LogP contribution >= 0.6 is 0 Å². The summed E-state index contributed by atoms with van der Waals surface area (Å²) in [5.41, 5.74) is 12.3. The van der Waals surface area contributed by atoms with Crippen LogP contribution in [0.5, 0.6) is 5.75 Å². The Labute approximate surface area is 329 Å². The molecule has 1 aliphatic carbocycles. The van der Waals surface area contributed by atoms with Crippen molar-refractivity contribution >= 4 is 49.4 Å². The molecule has 0 radical (unpaired) electrons. The van der Waals surface area contributed by atoms with Crippen LogP contribution in [-0.2, 0) is 0 Å². The predicted molar refractivity (Wildman–Crippen MR) is 230 cm³/mol. The minimum atomic E-state index is -0.138. The number of nitrogens with zero attached hydrogens (tertiary/aromatic N) is 1. The molecule has 0 bridgehead atoms. The van der Waals surface area contributed by atoms with Gasteiger partial charge in [-0.3, -0.25) is 16.0 Å². The summed E-state index contributed by atoms with van der Waals surface area (Å²) in [5.74, 6) is 1.03. The van der Waals surface area contributed by atoms with Crippen LogP contribution in [0.3, 0.4) is 0 Å². The maximum atomic E-state index is 6.81. The van der Waals surface area contributed by atoms with Gasteiger partial charge in [-0.2, -0.15) is 0 Å². The molecule has 1 fully saturated rings. The van der Waals surface area contributed by atoms with E-state index in [1.807, 2.05) is 0 Å². The van der Waals surface area contributed by atoms with E-state index in [1.54, 1.807) is 0 Å². The quantitative estimate of drug-likeness (QED) is 0.164. The Hall–Kier alpha value is -6.70. The van der Waals surface area contributed by atoms with Gasteiger partial charge in [-0.1, -0.05) is 133 Å². The first-order valence-corrected chi connectivity index (χ1v) is 19.8. The second-order valence-corrected chi connectivity index (χ2v) is 15.3. The zero-order chi connectivity index (χ0) is 37.5. The second-order valence-electron chi connectivity index (χ2n) is 15.3. The van der Waals surface area contributed by atoms with E-state index in [0.717, 1.165) is 50.1 Å². The minimum absolute atomic E-state index is 0.0568. The van der Waals surface area contributed by atoms with Crippen LogP contribution < -0.4 is 20.7 Å². The van der Waals surface area contributed by atoms with Gasteiger partial charge in [0.25, 0.3) is 0 Å². The minimum Gasteiger partial charge on any atom is -0.483 e. The van der Waals surface area contributed by atoms with Gasteiger partial charge in [-0.25, -0.2) is 0 Å². The molecule has 12 rings (SSSR count). The fourth-order valence-electron chi connectivity index (χ4n) is 9.46. The number of aromatic nitrogens is 1. The van der Waals surface area contributed by atoms with Gasteiger partial charge in [-0.15, -0.1) is 0 Å². The largest absolute Gasteiger partial charge is 0.483 e. The molecule has 0 spiro atoms. The first-order chi connectivity index (χ1) is 28.2. The van der Waals surface area contributed by atoms with Crippen molar-refractivity contribution in [2.45, 2.75) is 30.5 Å². The summed E-state index contributed by atoms with van der Waals surface area (Å²) >= 11 is 0. The van der Waals surface area contributed by atoms with E-state index in [9.17, 15) is 0 Å². The average Bonchev–Trinajstić information content (AvgIpc) is 3.96. The molecular weight excluding hydrogens is 701 g/mol. The number of ether oxygens (including phenoxy) is 1. The Morgan fingerprint density at radius 3 is 1.84 bits per heavy atom. The van der Waals surface area contributed by atoms with Crippen LogP contribution in [0.15, 0.2) is 186 Å². The first-order valence-electron chi connectivity index (χ1n) is 19.8. The Morgan fingerprint density at radius 1 is 0.491 bits per heavy atom. The van der Waals surface area contributed by atoms with Gasteiger partial charge in [0.05, 0.1) is 35.2 Å². The highest BCUT2D eigenvalue weighted by Crippen LogP contribution is 2.48. The lowest BCUT2D eigenvalue weighted by molar-refractivity contribution is 0.204. The number of hydrogen-bond donors (Lipinski definition) is 3. The highest BCUT2D eigenvalue weighted by atomic mass is 16.5. The molecule has 57 heavy (non-hydrogen) atoms. The molecule has 6 heteroatoms. The Balaban J connectivity index is 0.891. The molecule has 274 valence electrons. The molecule has 6 nitrogen and oxygen atoms in total. The van der Waals surface area contributed by atoms with Crippen molar-refractivity contribution in [3.05, 3.63) is 204 Å². The van der Waals surface area contributed by atoms with E-state index in [4.69, 9.17) is 9.15 Å². The maximum absolute atomic E-state index is 6.81. The van der Waals surface area contributed by atoms with Crippen LogP contribution in [0, 0.1) is 0 Å². The van der Waals surface area contributed by atoms with E-state index in [-0.39, 0.29) is 30.5 Å². The highest BCUT2D eigenvalue weighted by molar-refractivity contribution is 6.10. The molecular formula is C51H38N4O2. The van der Waals surface area contributed by atoms with E-state index in [2.05, 4.69) is 203 Å². The number of furan rings is 1. The number of allylic oxidation sites excluding steroid dienone is 2. The summed E-state index contributed by atoms with van der Waals surface area (Å²) < 4.78 is 15.9. The lowest BCUT2D eigenvalue weighted by Gasteiger charge is -2.39. The molecule has 3 aliphatic rings. The van der Waals surface area contributed by atoms with Crippen LogP contribution in [0.2, 0.25) is 0 Å². The van der Waals surface area contributed by atoms with Gasteiger partial charge in [0.1, 0.15) is 23.0 Å². The molecule has 3 N–H and O–H groups in total. The van der Waals surface area contributed by atoms with E-state index < -0.39 is 0 Å². The van der Waals surface area contributed by atoms with Gasteiger partial charge >= 0.3 is 0 Å². The average molecular weight is 739 g/mol. The smallest absolute Gasteiger partial charge is 0.149 e. The zero-order valence-electron chi connectivity index (χ0n) is 31.0. The Bertz CT molecular complexity index is 2970. The monoisotopic (exact) mass is 738 g/mol. The molecule has 4 unspecified atom stereocenters. The summed E-state index contributed by atoms with van der Waals surface area (Å²) in [6, 6.07) is 58.1. The van der Waals surface area contributed by atoms with Crippen molar-refractivity contribution in [2.24, 2.45) is 0 Å². The number of nitrogens with one attached hydrogen (secondary N) is 3. The summed E-state index contributed by atoms with van der Waals surface area (Å²) in [7, 11) is 0. The Morgan fingerprint density at radius 2 is 1.12 bits per heavy atom. The number of hydrogen-bond acceptors (Lipinski definition) is 5. The normalized spacial score (nSPS) is 21.5. The van der Waals surface area contributed by atoms with Gasteiger partial charge in [-0.05, 0) is 76.4 Å². The van der Waals surface area contributed by atoms with Gasteiger partial charge in [0.2, 0.25) is 0 Å². The molecule has 0 amide bonds. The van der Waals surface area contributed by atoms with Crippen molar-refractivity contribution in [2.75, 3.05) is 0 Å². The van der Waals surface area contributed by atoms with Crippen LogP contribution in [-0.4, -0.2) is 10.7 Å². The van der Waals surface area contributed by atoms with Gasteiger partial charge < -0.3 is 13.7 Å². The predicted octanol–water partition coefficient (Wildman–Crippen LogP) is 11.5. The summed E-state index contributed by atoms with van der Waals surface area (Å²) in [6.45, 7) is 0. The molecule has 4 atom stereocenters. The molecule has 2 aliphatic heterocycles. The van der Waals surface area contributed by atoms with E-state index >= 15 is 0 Å². The van der Waals surface area contributed by atoms with Crippen molar-refractivity contribution < 1.29 is 9.15 Å². The van der Waals surface area contributed by atoms with Gasteiger partial charge in [0, 0.05) is 33.0 Å². The summed E-state index contributed by atoms with van der Waals surface area (Å²) in [6.07, 6.45) is 6.32. The summed E-state index contributed by atoms with van der Waals surface area (Å²) in [5, 5.41) is 16.2. The lowest BCUT2D eigenvalue weighted by atomic mass is 9.88. The molecule has 4 heterocycles. The van der Waals surface area contributed by atoms with Crippen LogP contribution in [0.1, 0.15) is 46.7 Å². The van der Waals surface area contributed by atoms with E-state index in [0.29, 0.717) is 0 Å². The van der Waals surface area contributed by atoms with E-state index in [1.165, 1.54) is 38.5 Å². The number of fused-ring (bicyclic) bond motifs is 9. The Kier molecular flexibility index (Phi) is 7.38. The molecule has 1 saturated heterocycles. The summed E-state index contributed by atoms with van der Waals surface area (Å²) in [4.78, 5) is 0. The van der Waals surface area contributed by atoms with Crippen LogP contribution in [0.25, 0.3) is 60.6 Å². The molecule has 0 saturated carbocycles. The fraction of sp³-hybridized carbons (Fsp3) is 0.0980. The molecule has 9 aromatic rings. The van der Waals surface area contributed by atoms with Crippen molar-refractivity contribution in [3.8, 4) is 16.9 Å². The number of rotatable bonds is 5. The first kappa shape index (κ1) is 32.5. The van der Waals surface area contributed by atoms with Crippen molar-refractivity contribution in [1.29, 1.82) is 0 Å². The number of para-hydroxylation sites is 2. The van der Waals surface area contributed by atoms with Crippen LogP contribution in [0.4, 0.5) is 0 Å². The third-order valence-electron chi connectivity index (χ3n) is 12.1. The zero-order valence-corrected chi connectivity index (χ0v) is 31.0. The topological polar surface area (TPSA) is 63.4 Å². The van der Waals surface area contributed by atoms with Crippen molar-refractivity contribution in [1.82, 2.24) is 20.5 Å². The van der Waals surface area contributed by atoms with Gasteiger partial charge in [0.15, 0.2) is 0 Å². The van der Waals surface area contributed by atoms with Crippen molar-refractivity contribution in [3.63, 3.8) is 0 Å². The third-order valence-corrected chi connectivity index (χ3v) is 12.1. The highest BCUT2D eigenvalue weighted by Gasteiger charge is 2.38. The molecule has 2 aromatic heterocycles. The lowest BCUT2D eigenvalue weighted by Crippen LogP contribution is -2.54. The number of benzene rings is 7. The SMILES string of the molecule is C1=CC2c3cc(-c4ccc5c(c4)oc4cccc(C6NC(c7ccccc7)NC(c7ccccc7)N6)c45)ccc3OC2C(n2c3ccccc3c3ccccc32)=C1. The second kappa shape index (κ2) is 12.9. The third kappa shape index (κ3) is 5.22. The molecule has 7 aromatic carbocycles.